The minimum Gasteiger partial charge on any atom is -0.330 e. The van der Waals surface area contributed by atoms with Gasteiger partial charge in [-0.1, -0.05) is 0 Å². The molecule has 3 nitrogen and oxygen atoms in total. The highest BCUT2D eigenvalue weighted by Crippen LogP contribution is 2.18. The van der Waals surface area contributed by atoms with Gasteiger partial charge in [0.1, 0.15) is 0 Å². The Bertz CT molecular complexity index is 338. The zero-order valence-corrected chi connectivity index (χ0v) is 10.0. The van der Waals surface area contributed by atoms with Crippen molar-refractivity contribution >= 4 is 0 Å². The molecule has 1 aromatic rings. The van der Waals surface area contributed by atoms with Crippen molar-refractivity contribution in [1.29, 1.82) is 0 Å². The summed E-state index contributed by atoms with van der Waals surface area (Å²) in [6, 6.07) is 2.08. The maximum atomic E-state index is 5.75. The largest absolute Gasteiger partial charge is 0.330 e. The predicted molar refractivity (Wildman–Crippen MR) is 66.0 cm³/mol. The van der Waals surface area contributed by atoms with Gasteiger partial charge in [-0.25, -0.2) is 0 Å². The summed E-state index contributed by atoms with van der Waals surface area (Å²) in [6.45, 7) is 6.34. The van der Waals surface area contributed by atoms with Crippen LogP contribution in [0, 0.1) is 12.8 Å². The monoisotopic (exact) mass is 219 g/mol. The second-order valence-electron chi connectivity index (χ2n) is 4.78. The number of rotatable bonds is 3. The van der Waals surface area contributed by atoms with E-state index in [2.05, 4.69) is 22.9 Å². The average Bonchev–Trinajstić information content (AvgIpc) is 2.32. The molecule has 1 unspecified atom stereocenters. The van der Waals surface area contributed by atoms with E-state index in [9.17, 15) is 0 Å². The molecule has 1 atom stereocenters. The molecular formula is C13H21N3. The molecule has 0 saturated carbocycles. The summed E-state index contributed by atoms with van der Waals surface area (Å²) in [5.41, 5.74) is 8.43. The lowest BCUT2D eigenvalue weighted by atomic mass is 9.97. The molecule has 0 bridgehead atoms. The van der Waals surface area contributed by atoms with E-state index in [1.165, 1.54) is 30.5 Å². The number of nitrogens with zero attached hydrogens (tertiary/aromatic N) is 2. The lowest BCUT2D eigenvalue weighted by Crippen LogP contribution is -2.38. The second kappa shape index (κ2) is 5.41. The molecule has 88 valence electrons. The Morgan fingerprint density at radius 1 is 1.56 bits per heavy atom. The van der Waals surface area contributed by atoms with Gasteiger partial charge >= 0.3 is 0 Å². The number of hydrogen-bond donors (Lipinski definition) is 1. The van der Waals surface area contributed by atoms with E-state index in [0.717, 1.165) is 19.6 Å². The minimum absolute atomic E-state index is 0.686. The quantitative estimate of drug-likeness (QED) is 0.839. The van der Waals surface area contributed by atoms with Gasteiger partial charge in [0.15, 0.2) is 0 Å². The molecule has 2 rings (SSSR count). The number of hydrogen-bond acceptors (Lipinski definition) is 3. The number of pyridine rings is 1. The summed E-state index contributed by atoms with van der Waals surface area (Å²) in [7, 11) is 0. The van der Waals surface area contributed by atoms with Crippen LogP contribution in [0.1, 0.15) is 24.0 Å². The third kappa shape index (κ3) is 2.80. The van der Waals surface area contributed by atoms with Crippen molar-refractivity contribution in [1.82, 2.24) is 9.88 Å². The van der Waals surface area contributed by atoms with Gasteiger partial charge in [0.25, 0.3) is 0 Å². The molecule has 1 aliphatic heterocycles. The molecule has 0 amide bonds. The number of likely N-dealkylation sites (tertiary alicyclic amines) is 1. The minimum atomic E-state index is 0.686. The van der Waals surface area contributed by atoms with Crippen molar-refractivity contribution in [2.24, 2.45) is 11.7 Å². The molecule has 1 saturated heterocycles. The van der Waals surface area contributed by atoms with Crippen LogP contribution in [0.3, 0.4) is 0 Å². The van der Waals surface area contributed by atoms with Crippen LogP contribution in [0.5, 0.6) is 0 Å². The summed E-state index contributed by atoms with van der Waals surface area (Å²) in [6.07, 6.45) is 6.42. The fourth-order valence-electron chi connectivity index (χ4n) is 2.39. The Balaban J connectivity index is 1.97. The first-order valence-electron chi connectivity index (χ1n) is 6.11. The van der Waals surface area contributed by atoms with Crippen molar-refractivity contribution in [2.75, 3.05) is 19.6 Å². The van der Waals surface area contributed by atoms with E-state index in [1.54, 1.807) is 0 Å². The molecule has 2 heterocycles. The van der Waals surface area contributed by atoms with E-state index in [-0.39, 0.29) is 0 Å². The Morgan fingerprint density at radius 2 is 2.44 bits per heavy atom. The van der Waals surface area contributed by atoms with Gasteiger partial charge in [-0.15, -0.1) is 0 Å². The molecule has 16 heavy (non-hydrogen) atoms. The number of piperidine rings is 1. The van der Waals surface area contributed by atoms with Crippen LogP contribution in [0.4, 0.5) is 0 Å². The SMILES string of the molecule is Cc1ccncc1CN1CCCC(CN)C1. The van der Waals surface area contributed by atoms with Crippen molar-refractivity contribution in [3.8, 4) is 0 Å². The summed E-state index contributed by atoms with van der Waals surface area (Å²) in [4.78, 5) is 6.70. The van der Waals surface area contributed by atoms with Crippen LogP contribution >= 0.6 is 0 Å². The van der Waals surface area contributed by atoms with Crippen LogP contribution in [-0.2, 0) is 6.54 Å². The molecule has 0 radical (unpaired) electrons. The first kappa shape index (κ1) is 11.6. The number of aromatic nitrogens is 1. The second-order valence-corrected chi connectivity index (χ2v) is 4.78. The first-order valence-corrected chi connectivity index (χ1v) is 6.11. The van der Waals surface area contributed by atoms with Gasteiger partial charge in [-0.2, -0.15) is 0 Å². The Morgan fingerprint density at radius 3 is 3.19 bits per heavy atom. The standard InChI is InChI=1S/C13H21N3/c1-11-4-5-15-8-13(11)10-16-6-2-3-12(7-14)9-16/h4-5,8,12H,2-3,6-7,9-10,14H2,1H3. The van der Waals surface area contributed by atoms with E-state index < -0.39 is 0 Å². The summed E-state index contributed by atoms with van der Waals surface area (Å²) in [5.74, 6) is 0.686. The Labute approximate surface area is 97.7 Å². The first-order chi connectivity index (χ1) is 7.79. The predicted octanol–water partition coefficient (Wildman–Crippen LogP) is 1.56. The van der Waals surface area contributed by atoms with Crippen LogP contribution < -0.4 is 5.73 Å². The molecule has 0 spiro atoms. The molecular weight excluding hydrogens is 198 g/mol. The molecule has 0 aliphatic carbocycles. The third-order valence-electron chi connectivity index (χ3n) is 3.48. The fourth-order valence-corrected chi connectivity index (χ4v) is 2.39. The lowest BCUT2D eigenvalue weighted by molar-refractivity contribution is 0.170. The zero-order valence-electron chi connectivity index (χ0n) is 10.0. The third-order valence-corrected chi connectivity index (χ3v) is 3.48. The van der Waals surface area contributed by atoms with Gasteiger partial charge in [0.2, 0.25) is 0 Å². The highest BCUT2D eigenvalue weighted by molar-refractivity contribution is 5.21. The molecule has 3 heteroatoms. The van der Waals surface area contributed by atoms with Crippen LogP contribution in [0.2, 0.25) is 0 Å². The van der Waals surface area contributed by atoms with Crippen molar-refractivity contribution in [2.45, 2.75) is 26.3 Å². The molecule has 1 aromatic heterocycles. The maximum absolute atomic E-state index is 5.75. The average molecular weight is 219 g/mol. The molecule has 0 aromatic carbocycles. The van der Waals surface area contributed by atoms with E-state index >= 15 is 0 Å². The van der Waals surface area contributed by atoms with Crippen molar-refractivity contribution in [3.05, 3.63) is 29.6 Å². The summed E-state index contributed by atoms with van der Waals surface area (Å²) >= 11 is 0. The number of nitrogens with two attached hydrogens (primary N) is 1. The van der Waals surface area contributed by atoms with Crippen LogP contribution in [0.15, 0.2) is 18.5 Å². The molecule has 1 aliphatic rings. The van der Waals surface area contributed by atoms with Gasteiger partial charge in [0.05, 0.1) is 0 Å². The van der Waals surface area contributed by atoms with Crippen molar-refractivity contribution < 1.29 is 0 Å². The van der Waals surface area contributed by atoms with Gasteiger partial charge in [-0.3, -0.25) is 9.88 Å². The summed E-state index contributed by atoms with van der Waals surface area (Å²) < 4.78 is 0. The highest BCUT2D eigenvalue weighted by atomic mass is 15.1. The fraction of sp³-hybridized carbons (Fsp3) is 0.615. The molecule has 1 fully saturated rings. The van der Waals surface area contributed by atoms with E-state index in [0.29, 0.717) is 5.92 Å². The van der Waals surface area contributed by atoms with Gasteiger partial charge < -0.3 is 5.73 Å². The lowest BCUT2D eigenvalue weighted by Gasteiger charge is -2.32. The maximum Gasteiger partial charge on any atom is 0.0315 e. The normalized spacial score (nSPS) is 22.2. The van der Waals surface area contributed by atoms with E-state index in [1.807, 2.05) is 12.4 Å². The summed E-state index contributed by atoms with van der Waals surface area (Å²) in [5, 5.41) is 0. The van der Waals surface area contributed by atoms with Gasteiger partial charge in [0, 0.05) is 25.5 Å². The van der Waals surface area contributed by atoms with Crippen molar-refractivity contribution in [3.63, 3.8) is 0 Å². The van der Waals surface area contributed by atoms with E-state index in [4.69, 9.17) is 5.73 Å². The topological polar surface area (TPSA) is 42.2 Å². The van der Waals surface area contributed by atoms with Crippen LogP contribution in [-0.4, -0.2) is 29.5 Å². The number of aryl methyl sites for hydroxylation is 1. The Hall–Kier alpha value is -0.930. The zero-order chi connectivity index (χ0) is 11.4. The smallest absolute Gasteiger partial charge is 0.0315 e. The molecule has 2 N–H and O–H groups in total. The van der Waals surface area contributed by atoms with Crippen LogP contribution in [0.25, 0.3) is 0 Å². The Kier molecular flexibility index (Phi) is 3.91. The van der Waals surface area contributed by atoms with Gasteiger partial charge in [-0.05, 0) is 56.0 Å². The highest BCUT2D eigenvalue weighted by Gasteiger charge is 2.18.